The Labute approximate surface area is 125 Å². The number of pyridine rings is 1. The van der Waals surface area contributed by atoms with E-state index in [2.05, 4.69) is 28.7 Å². The fourth-order valence-electron chi connectivity index (χ4n) is 2.51. The lowest BCUT2D eigenvalue weighted by Gasteiger charge is -2.19. The maximum atomic E-state index is 6.01. The van der Waals surface area contributed by atoms with Crippen molar-refractivity contribution in [3.8, 4) is 11.4 Å². The number of aromatic nitrogens is 3. The number of hydrogen-bond donors (Lipinski definition) is 1. The highest BCUT2D eigenvalue weighted by atomic mass is 15.2. The zero-order chi connectivity index (χ0) is 14.8. The molecule has 2 aromatic rings. The van der Waals surface area contributed by atoms with Crippen molar-refractivity contribution >= 4 is 5.82 Å². The molecule has 1 saturated heterocycles. The van der Waals surface area contributed by atoms with Crippen molar-refractivity contribution in [1.82, 2.24) is 15.0 Å². The molecular weight excluding hydrogens is 262 g/mol. The fraction of sp³-hybridized carbons (Fsp3) is 0.438. The van der Waals surface area contributed by atoms with E-state index in [1.807, 2.05) is 24.3 Å². The minimum Gasteiger partial charge on any atom is -0.355 e. The minimum absolute atomic E-state index is 0.237. The van der Waals surface area contributed by atoms with Crippen LogP contribution in [0.4, 0.5) is 5.82 Å². The van der Waals surface area contributed by atoms with Crippen LogP contribution in [0.3, 0.4) is 0 Å². The summed E-state index contributed by atoms with van der Waals surface area (Å²) in [5.41, 5.74) is 7.77. The van der Waals surface area contributed by atoms with E-state index in [0.29, 0.717) is 0 Å². The van der Waals surface area contributed by atoms with Gasteiger partial charge in [0.25, 0.3) is 0 Å². The quantitative estimate of drug-likeness (QED) is 0.935. The Morgan fingerprint density at radius 2 is 2.10 bits per heavy atom. The summed E-state index contributed by atoms with van der Waals surface area (Å²) in [5.74, 6) is 2.10. The Hall–Kier alpha value is -2.01. The fourth-order valence-corrected chi connectivity index (χ4v) is 2.51. The summed E-state index contributed by atoms with van der Waals surface area (Å²) in [7, 11) is 0. The summed E-state index contributed by atoms with van der Waals surface area (Å²) in [6.45, 7) is 6.03. The molecule has 3 heterocycles. The molecular formula is C16H21N5. The normalized spacial score (nSPS) is 18.5. The van der Waals surface area contributed by atoms with Crippen LogP contribution in [0, 0.1) is 0 Å². The number of anilines is 1. The van der Waals surface area contributed by atoms with Crippen molar-refractivity contribution in [3.63, 3.8) is 0 Å². The molecule has 0 spiro atoms. The smallest absolute Gasteiger partial charge is 0.134 e. The van der Waals surface area contributed by atoms with E-state index in [1.165, 1.54) is 0 Å². The highest BCUT2D eigenvalue weighted by Gasteiger charge is 2.22. The topological polar surface area (TPSA) is 67.9 Å². The van der Waals surface area contributed by atoms with Gasteiger partial charge in [0, 0.05) is 37.3 Å². The van der Waals surface area contributed by atoms with Gasteiger partial charge in [-0.3, -0.25) is 4.98 Å². The molecule has 2 aromatic heterocycles. The lowest BCUT2D eigenvalue weighted by molar-refractivity contribution is 0.746. The van der Waals surface area contributed by atoms with E-state index in [1.54, 1.807) is 6.20 Å². The van der Waals surface area contributed by atoms with E-state index >= 15 is 0 Å². The van der Waals surface area contributed by atoms with Gasteiger partial charge in [-0.25, -0.2) is 9.97 Å². The molecule has 1 unspecified atom stereocenters. The summed E-state index contributed by atoms with van der Waals surface area (Å²) in [5, 5.41) is 0. The zero-order valence-corrected chi connectivity index (χ0v) is 12.5. The Morgan fingerprint density at radius 3 is 2.71 bits per heavy atom. The lowest BCUT2D eigenvalue weighted by Crippen LogP contribution is -2.27. The first-order chi connectivity index (χ1) is 10.1. The second-order valence-corrected chi connectivity index (χ2v) is 5.83. The molecule has 0 saturated carbocycles. The van der Waals surface area contributed by atoms with Crippen molar-refractivity contribution < 1.29 is 0 Å². The molecule has 1 atom stereocenters. The maximum absolute atomic E-state index is 6.01. The molecule has 1 fully saturated rings. The Morgan fingerprint density at radius 1 is 1.24 bits per heavy atom. The minimum atomic E-state index is 0.237. The van der Waals surface area contributed by atoms with Gasteiger partial charge in [-0.2, -0.15) is 0 Å². The first-order valence-electron chi connectivity index (χ1n) is 7.44. The highest BCUT2D eigenvalue weighted by Crippen LogP contribution is 2.25. The van der Waals surface area contributed by atoms with Crippen LogP contribution in [-0.2, 0) is 0 Å². The van der Waals surface area contributed by atoms with E-state index in [0.717, 1.165) is 42.5 Å². The van der Waals surface area contributed by atoms with Crippen molar-refractivity contribution in [2.75, 3.05) is 18.0 Å². The van der Waals surface area contributed by atoms with Gasteiger partial charge in [0.1, 0.15) is 11.6 Å². The first kappa shape index (κ1) is 13.9. The summed E-state index contributed by atoms with van der Waals surface area (Å²) >= 11 is 0. The van der Waals surface area contributed by atoms with Crippen LogP contribution < -0.4 is 10.6 Å². The molecule has 110 valence electrons. The van der Waals surface area contributed by atoms with Gasteiger partial charge < -0.3 is 10.6 Å². The molecule has 0 bridgehead atoms. The number of rotatable bonds is 3. The van der Waals surface area contributed by atoms with Crippen LogP contribution in [0.1, 0.15) is 32.0 Å². The molecule has 0 aliphatic carbocycles. The standard InChI is InChI=1S/C16H21N5/c1-11(2)16-19-14(13-5-3-4-7-18-13)9-15(20-16)21-8-6-12(17)10-21/h3-5,7,9,11-12H,6,8,10,17H2,1-2H3. The van der Waals surface area contributed by atoms with Gasteiger partial charge >= 0.3 is 0 Å². The molecule has 0 radical (unpaired) electrons. The van der Waals surface area contributed by atoms with Crippen LogP contribution in [0.15, 0.2) is 30.5 Å². The van der Waals surface area contributed by atoms with Gasteiger partial charge in [0.05, 0.1) is 11.4 Å². The predicted octanol–water partition coefficient (Wildman–Crippen LogP) is 2.20. The van der Waals surface area contributed by atoms with Crippen LogP contribution in [0.2, 0.25) is 0 Å². The van der Waals surface area contributed by atoms with E-state index in [9.17, 15) is 0 Å². The molecule has 2 N–H and O–H groups in total. The summed E-state index contributed by atoms with van der Waals surface area (Å²) in [4.78, 5) is 16.0. The third-order valence-electron chi connectivity index (χ3n) is 3.72. The van der Waals surface area contributed by atoms with Crippen molar-refractivity contribution in [1.29, 1.82) is 0 Å². The molecule has 21 heavy (non-hydrogen) atoms. The van der Waals surface area contributed by atoms with Gasteiger partial charge in [-0.1, -0.05) is 19.9 Å². The maximum Gasteiger partial charge on any atom is 0.134 e. The highest BCUT2D eigenvalue weighted by molar-refractivity contribution is 5.59. The second-order valence-electron chi connectivity index (χ2n) is 5.83. The van der Waals surface area contributed by atoms with Crippen molar-refractivity contribution in [2.24, 2.45) is 5.73 Å². The average molecular weight is 283 g/mol. The van der Waals surface area contributed by atoms with Gasteiger partial charge in [-0.15, -0.1) is 0 Å². The molecule has 0 amide bonds. The Bertz CT molecular complexity index is 611. The molecule has 1 aliphatic rings. The predicted molar refractivity (Wildman–Crippen MR) is 84.2 cm³/mol. The molecule has 5 nitrogen and oxygen atoms in total. The summed E-state index contributed by atoms with van der Waals surface area (Å²) in [6.07, 6.45) is 2.80. The van der Waals surface area contributed by atoms with Crippen LogP contribution in [-0.4, -0.2) is 34.1 Å². The lowest BCUT2D eigenvalue weighted by atomic mass is 10.2. The van der Waals surface area contributed by atoms with Crippen LogP contribution >= 0.6 is 0 Å². The van der Waals surface area contributed by atoms with Crippen LogP contribution in [0.5, 0.6) is 0 Å². The molecule has 1 aliphatic heterocycles. The molecule has 0 aromatic carbocycles. The Balaban J connectivity index is 2.02. The second kappa shape index (κ2) is 5.77. The van der Waals surface area contributed by atoms with Gasteiger partial charge in [0.2, 0.25) is 0 Å². The van der Waals surface area contributed by atoms with Gasteiger partial charge in [0.15, 0.2) is 0 Å². The third kappa shape index (κ3) is 3.03. The van der Waals surface area contributed by atoms with E-state index < -0.39 is 0 Å². The summed E-state index contributed by atoms with van der Waals surface area (Å²) < 4.78 is 0. The third-order valence-corrected chi connectivity index (χ3v) is 3.72. The Kier molecular flexibility index (Phi) is 3.84. The largest absolute Gasteiger partial charge is 0.355 e. The van der Waals surface area contributed by atoms with E-state index in [-0.39, 0.29) is 12.0 Å². The van der Waals surface area contributed by atoms with Crippen molar-refractivity contribution in [3.05, 3.63) is 36.3 Å². The van der Waals surface area contributed by atoms with Gasteiger partial charge in [-0.05, 0) is 18.6 Å². The average Bonchev–Trinajstić information content (AvgIpc) is 2.94. The molecule has 5 heteroatoms. The number of nitrogens with two attached hydrogens (primary N) is 1. The zero-order valence-electron chi connectivity index (χ0n) is 12.5. The SMILES string of the molecule is CC(C)c1nc(-c2ccccn2)cc(N2CCC(N)C2)n1. The van der Waals surface area contributed by atoms with Crippen molar-refractivity contribution in [2.45, 2.75) is 32.2 Å². The summed E-state index contributed by atoms with van der Waals surface area (Å²) in [6, 6.07) is 8.12. The van der Waals surface area contributed by atoms with E-state index in [4.69, 9.17) is 10.7 Å². The monoisotopic (exact) mass is 283 g/mol. The number of nitrogens with zero attached hydrogens (tertiary/aromatic N) is 4. The molecule has 3 rings (SSSR count). The number of hydrogen-bond acceptors (Lipinski definition) is 5. The first-order valence-corrected chi connectivity index (χ1v) is 7.44. The van der Waals surface area contributed by atoms with Crippen LogP contribution in [0.25, 0.3) is 11.4 Å².